The molecule has 73 heavy (non-hydrogen) atoms. The third-order valence-corrected chi connectivity index (χ3v) is 18.5. The minimum absolute atomic E-state index is 0.116. The molecule has 0 spiro atoms. The first kappa shape index (κ1) is 40.8. The van der Waals surface area contributed by atoms with Crippen molar-refractivity contribution in [3.63, 3.8) is 0 Å². The van der Waals surface area contributed by atoms with Gasteiger partial charge in [-0.1, -0.05) is 140 Å². The zero-order valence-electron chi connectivity index (χ0n) is 41.1. The van der Waals surface area contributed by atoms with E-state index in [1.54, 1.807) is 0 Å². The van der Waals surface area contributed by atoms with E-state index >= 15 is 0 Å². The van der Waals surface area contributed by atoms with E-state index in [9.17, 15) is 5.11 Å². The number of benzene rings is 10. The normalized spacial score (nSPS) is 17.5. The van der Waals surface area contributed by atoms with Crippen LogP contribution in [0.2, 0.25) is 0 Å². The number of para-hydroxylation sites is 3. The monoisotopic (exact) mass is 938 g/mol. The molecule has 0 radical (unpaired) electrons. The van der Waals surface area contributed by atoms with Crippen LogP contribution in [0.5, 0.6) is 0 Å². The number of fused-ring (bicyclic) bond motifs is 12. The van der Waals surface area contributed by atoms with Crippen molar-refractivity contribution in [3.05, 3.63) is 207 Å². The highest BCUT2D eigenvalue weighted by Crippen LogP contribution is 2.62. The molecule has 1 fully saturated rings. The molecule has 350 valence electrons. The minimum Gasteiger partial charge on any atom is -0.391 e. The van der Waals surface area contributed by atoms with E-state index in [1.807, 2.05) is 0 Å². The Balaban J connectivity index is 1.13. The number of hydrogen-bond donors (Lipinski definition) is 1. The second-order valence-electron chi connectivity index (χ2n) is 22.2. The molecule has 3 heteroatoms. The molecule has 1 saturated carbocycles. The van der Waals surface area contributed by atoms with E-state index in [0.29, 0.717) is 0 Å². The van der Waals surface area contributed by atoms with Crippen LogP contribution in [0, 0.1) is 20.9 Å². The number of aryl methyl sites for hydroxylation is 4. The predicted molar refractivity (Wildman–Crippen MR) is 305 cm³/mol. The number of aliphatic hydroxyl groups excluding tert-OH is 1. The largest absolute Gasteiger partial charge is 0.391 e. The molecule has 5 aliphatic rings. The smallest absolute Gasteiger partial charge is 0.0747 e. The lowest BCUT2D eigenvalue weighted by Crippen LogP contribution is -2.43. The molecule has 12 aromatic rings. The predicted octanol–water partition coefficient (Wildman–Crippen LogP) is 17.7. The van der Waals surface area contributed by atoms with E-state index in [1.165, 1.54) is 167 Å². The molecule has 2 atom stereocenters. The van der Waals surface area contributed by atoms with Crippen molar-refractivity contribution in [2.75, 3.05) is 9.80 Å². The fraction of sp³-hybridized carbons (Fsp3) is 0.200. The SMILES string of the molecule is OC1CCCCC1N(c1ccccc1)c1c2c3ccc4c5c(ccc(c2c(N(c2ccccc2)c2ccccc2)c2c6ccc7c8c(ccc(c12)c86)=c1cc2c(cc1=7)CCCC2)c53)-c1cc2c(cc1-4)CCCC2. The Hall–Kier alpha value is -7.72. The number of nitrogens with zero attached hydrogens (tertiary/aromatic N) is 2. The topological polar surface area (TPSA) is 26.7 Å². The van der Waals surface area contributed by atoms with Gasteiger partial charge in [-0.2, -0.15) is 0 Å². The molecule has 3 nitrogen and oxygen atoms in total. The molecule has 0 aromatic heterocycles. The standard InChI is InChI=1S/C70H54N2O/c73-60-27-15-14-26-59(60)72(46-24-8-3-9-25-46)70-67-53-34-30-49-57-38-42-18-12-10-16-40(42)36-55(57)47-28-32-51(63(53)61(47)49)65(67)69(71(44-20-4-1-5-21-44)45-22-6-2-7-23-45)66-52-33-29-48-56-37-41-17-11-13-19-43(41)39-58(56)50-31-35-54(68(66)70)64(52)62(48)50/h1-9,20-25,28-39,59-60,73H,10-19,26-27H2. The summed E-state index contributed by atoms with van der Waals surface area (Å²) < 4.78 is 0. The number of hydrogen-bond acceptors (Lipinski definition) is 3. The van der Waals surface area contributed by atoms with Gasteiger partial charge in [0.05, 0.1) is 23.5 Å². The van der Waals surface area contributed by atoms with Crippen LogP contribution in [0.1, 0.15) is 73.6 Å². The highest BCUT2D eigenvalue weighted by atomic mass is 16.3. The summed E-state index contributed by atoms with van der Waals surface area (Å²) in [6, 6.07) is 63.4. The highest BCUT2D eigenvalue weighted by Gasteiger charge is 2.38. The van der Waals surface area contributed by atoms with Gasteiger partial charge in [-0.15, -0.1) is 0 Å². The molecular formula is C70H54N2O. The summed E-state index contributed by atoms with van der Waals surface area (Å²) in [5, 5.41) is 33.8. The minimum atomic E-state index is -0.481. The zero-order valence-corrected chi connectivity index (χ0v) is 41.1. The maximum Gasteiger partial charge on any atom is 0.0747 e. The molecule has 0 saturated heterocycles. The molecule has 1 N–H and O–H groups in total. The van der Waals surface area contributed by atoms with Crippen LogP contribution in [-0.4, -0.2) is 17.3 Å². The first-order valence-corrected chi connectivity index (χ1v) is 27.4. The summed E-state index contributed by atoms with van der Waals surface area (Å²) >= 11 is 0. The van der Waals surface area contributed by atoms with Gasteiger partial charge < -0.3 is 14.9 Å². The Labute approximate surface area is 424 Å². The first-order valence-electron chi connectivity index (χ1n) is 27.4. The van der Waals surface area contributed by atoms with Crippen LogP contribution >= 0.6 is 0 Å². The lowest BCUT2D eigenvalue weighted by Gasteiger charge is -2.40. The molecule has 0 bridgehead atoms. The van der Waals surface area contributed by atoms with E-state index in [4.69, 9.17) is 0 Å². The third-order valence-electron chi connectivity index (χ3n) is 18.5. The van der Waals surface area contributed by atoms with Gasteiger partial charge in [0.2, 0.25) is 0 Å². The zero-order chi connectivity index (χ0) is 47.6. The van der Waals surface area contributed by atoms with Gasteiger partial charge in [-0.25, -0.2) is 0 Å². The van der Waals surface area contributed by atoms with Crippen LogP contribution in [0.3, 0.4) is 0 Å². The maximum absolute atomic E-state index is 12.5. The molecule has 5 aliphatic carbocycles. The first-order chi connectivity index (χ1) is 36.2. The van der Waals surface area contributed by atoms with Crippen LogP contribution < -0.4 is 9.80 Å². The van der Waals surface area contributed by atoms with Gasteiger partial charge >= 0.3 is 0 Å². The average molecular weight is 939 g/mol. The number of aliphatic hydroxyl groups is 1. The Kier molecular flexibility index (Phi) is 8.48. The molecule has 2 unspecified atom stereocenters. The summed E-state index contributed by atoms with van der Waals surface area (Å²) in [6.07, 6.45) is 13.1. The lowest BCUT2D eigenvalue weighted by molar-refractivity contribution is 0.108. The van der Waals surface area contributed by atoms with Crippen molar-refractivity contribution >= 4 is 93.1 Å². The molecule has 0 heterocycles. The Morgan fingerprint density at radius 2 is 0.753 bits per heavy atom. The quantitative estimate of drug-likeness (QED) is 0.168. The Bertz CT molecular complexity index is 4400. The van der Waals surface area contributed by atoms with E-state index in [2.05, 4.69) is 174 Å². The van der Waals surface area contributed by atoms with E-state index in [-0.39, 0.29) is 6.04 Å². The van der Waals surface area contributed by atoms with Gasteiger partial charge in [0.1, 0.15) is 0 Å². The average Bonchev–Trinajstić information content (AvgIpc) is 4.24. The maximum atomic E-state index is 12.5. The molecule has 12 aromatic carbocycles. The fourth-order valence-electron chi connectivity index (χ4n) is 15.5. The molecule has 0 aliphatic heterocycles. The summed E-state index contributed by atoms with van der Waals surface area (Å²) in [4.78, 5) is 5.23. The Morgan fingerprint density at radius 3 is 1.25 bits per heavy atom. The lowest BCUT2D eigenvalue weighted by atomic mass is 9.87. The van der Waals surface area contributed by atoms with Crippen molar-refractivity contribution in [1.29, 1.82) is 0 Å². The second kappa shape index (κ2) is 15.2. The van der Waals surface area contributed by atoms with Crippen LogP contribution in [-0.2, 0) is 25.7 Å². The molecule has 0 amide bonds. The van der Waals surface area contributed by atoms with Crippen LogP contribution in [0.4, 0.5) is 28.4 Å². The van der Waals surface area contributed by atoms with Crippen molar-refractivity contribution < 1.29 is 5.11 Å². The van der Waals surface area contributed by atoms with Crippen molar-refractivity contribution in [1.82, 2.24) is 0 Å². The number of rotatable bonds is 6. The van der Waals surface area contributed by atoms with Crippen molar-refractivity contribution in [2.24, 2.45) is 0 Å². The molecular weight excluding hydrogens is 885 g/mol. The van der Waals surface area contributed by atoms with Gasteiger partial charge in [-0.3, -0.25) is 0 Å². The van der Waals surface area contributed by atoms with Gasteiger partial charge in [0, 0.05) is 38.6 Å². The van der Waals surface area contributed by atoms with Gasteiger partial charge in [-0.05, 0) is 209 Å². The van der Waals surface area contributed by atoms with Crippen LogP contribution in [0.25, 0.3) is 86.9 Å². The Morgan fingerprint density at radius 1 is 0.329 bits per heavy atom. The summed E-state index contributed by atoms with van der Waals surface area (Å²) in [5.74, 6) is 0. The molecule has 17 rings (SSSR count). The van der Waals surface area contributed by atoms with E-state index < -0.39 is 6.10 Å². The van der Waals surface area contributed by atoms with Crippen molar-refractivity contribution in [3.8, 4) is 22.3 Å². The number of anilines is 5. The van der Waals surface area contributed by atoms with Crippen LogP contribution in [0.15, 0.2) is 164 Å². The summed E-state index contributed by atoms with van der Waals surface area (Å²) in [6.45, 7) is 0. The van der Waals surface area contributed by atoms with Gasteiger partial charge in [0.15, 0.2) is 0 Å². The van der Waals surface area contributed by atoms with E-state index in [0.717, 1.165) is 68.4 Å². The van der Waals surface area contributed by atoms with Gasteiger partial charge in [0.25, 0.3) is 0 Å². The fourth-order valence-corrected chi connectivity index (χ4v) is 15.5. The summed E-state index contributed by atoms with van der Waals surface area (Å²) in [7, 11) is 0. The van der Waals surface area contributed by atoms with Crippen molar-refractivity contribution in [2.45, 2.75) is 89.2 Å². The third kappa shape index (κ3) is 5.48. The highest BCUT2D eigenvalue weighted by molar-refractivity contribution is 6.48. The second-order valence-corrected chi connectivity index (χ2v) is 22.2. The summed E-state index contributed by atoms with van der Waals surface area (Å²) in [5.41, 5.74) is 17.5.